The summed E-state index contributed by atoms with van der Waals surface area (Å²) in [6.45, 7) is 0. The first-order valence-electron chi connectivity index (χ1n) is 4.84. The van der Waals surface area contributed by atoms with Crippen LogP contribution in [0.4, 0.5) is 4.39 Å². The molecular formula is C12H9BrFNS. The van der Waals surface area contributed by atoms with Gasteiger partial charge >= 0.3 is 0 Å². The Bertz CT molecular complexity index is 615. The Labute approximate surface area is 104 Å². The lowest BCUT2D eigenvalue weighted by Crippen LogP contribution is -1.72. The molecule has 0 saturated heterocycles. The first kappa shape index (κ1) is 10.2. The zero-order valence-electron chi connectivity index (χ0n) is 8.24. The lowest BCUT2D eigenvalue weighted by Gasteiger charge is -2.07. The molecule has 2 aromatic rings. The summed E-state index contributed by atoms with van der Waals surface area (Å²) in [7, 11) is -0.624. The highest BCUT2D eigenvalue weighted by Gasteiger charge is 2.12. The Morgan fingerprint density at radius 2 is 2.19 bits per heavy atom. The summed E-state index contributed by atoms with van der Waals surface area (Å²) >= 11 is 3.46. The monoisotopic (exact) mass is 297 g/mol. The summed E-state index contributed by atoms with van der Waals surface area (Å²) in [6.07, 6.45) is 3.52. The number of allylic oxidation sites excluding steroid dienone is 2. The molecule has 3 rings (SSSR count). The third kappa shape index (κ3) is 1.62. The quantitative estimate of drug-likeness (QED) is 0.714. The minimum absolute atomic E-state index is 0.129. The van der Waals surface area contributed by atoms with Gasteiger partial charge < -0.3 is 4.98 Å². The summed E-state index contributed by atoms with van der Waals surface area (Å²) in [4.78, 5) is 4.39. The first-order chi connectivity index (χ1) is 7.74. The summed E-state index contributed by atoms with van der Waals surface area (Å²) < 4.78 is 14.1. The predicted octanol–water partition coefficient (Wildman–Crippen LogP) is 4.63. The van der Waals surface area contributed by atoms with E-state index in [1.54, 1.807) is 11.5 Å². The Morgan fingerprint density at radius 3 is 2.94 bits per heavy atom. The van der Waals surface area contributed by atoms with E-state index in [-0.39, 0.29) is 5.83 Å². The SMILES string of the molecule is FC1=C[SH](c2c[nH]c3ccc(Br)cc23)C=C1. The molecule has 1 aromatic carbocycles. The van der Waals surface area contributed by atoms with E-state index in [4.69, 9.17) is 0 Å². The van der Waals surface area contributed by atoms with Gasteiger partial charge in [0.15, 0.2) is 0 Å². The molecule has 1 aliphatic rings. The van der Waals surface area contributed by atoms with E-state index in [0.717, 1.165) is 15.4 Å². The third-order valence-corrected chi connectivity index (χ3v) is 4.97. The van der Waals surface area contributed by atoms with Crippen molar-refractivity contribution in [3.05, 3.63) is 51.6 Å². The van der Waals surface area contributed by atoms with Crippen LogP contribution >= 0.6 is 26.8 Å². The van der Waals surface area contributed by atoms with Gasteiger partial charge in [-0.25, -0.2) is 4.39 Å². The van der Waals surface area contributed by atoms with Crippen LogP contribution in [0.5, 0.6) is 0 Å². The number of fused-ring (bicyclic) bond motifs is 1. The van der Waals surface area contributed by atoms with Gasteiger partial charge in [0.25, 0.3) is 0 Å². The maximum atomic E-state index is 13.0. The van der Waals surface area contributed by atoms with E-state index in [2.05, 4.69) is 27.0 Å². The molecule has 0 amide bonds. The van der Waals surface area contributed by atoms with Crippen LogP contribution in [0.1, 0.15) is 0 Å². The number of hydrogen-bond acceptors (Lipinski definition) is 0. The van der Waals surface area contributed by atoms with Crippen LogP contribution in [0, 0.1) is 0 Å². The number of aromatic nitrogens is 1. The van der Waals surface area contributed by atoms with Gasteiger partial charge in [-0.1, -0.05) is 15.9 Å². The highest BCUT2D eigenvalue weighted by atomic mass is 79.9. The van der Waals surface area contributed by atoms with E-state index >= 15 is 0 Å². The molecule has 1 atom stereocenters. The molecule has 82 valence electrons. The standard InChI is InChI=1S/C12H9BrFNS/c13-8-1-2-11-10(5-8)12(6-15-11)16-4-3-9(14)7-16/h1-7,15-16H. The maximum Gasteiger partial charge on any atom is 0.128 e. The fraction of sp³-hybridized carbons (Fsp3) is 0. The molecule has 4 heteroatoms. The highest BCUT2D eigenvalue weighted by Crippen LogP contribution is 2.47. The van der Waals surface area contributed by atoms with Crippen LogP contribution in [0.3, 0.4) is 0 Å². The van der Waals surface area contributed by atoms with Gasteiger partial charge in [0.05, 0.1) is 0 Å². The number of hydrogen-bond donors (Lipinski definition) is 2. The molecule has 16 heavy (non-hydrogen) atoms. The molecule has 1 aliphatic heterocycles. The van der Waals surface area contributed by atoms with Gasteiger partial charge in [0, 0.05) is 26.5 Å². The molecule has 1 nitrogen and oxygen atoms in total. The van der Waals surface area contributed by atoms with Crippen molar-refractivity contribution >= 4 is 37.7 Å². The number of aromatic amines is 1. The van der Waals surface area contributed by atoms with Gasteiger partial charge in [-0.15, -0.1) is 0 Å². The lowest BCUT2D eigenvalue weighted by atomic mass is 10.2. The number of rotatable bonds is 1. The Hall–Kier alpha value is -1.00. The van der Waals surface area contributed by atoms with E-state index in [1.165, 1.54) is 4.90 Å². The topological polar surface area (TPSA) is 15.8 Å². The second kappa shape index (κ2) is 3.79. The van der Waals surface area contributed by atoms with Crippen molar-refractivity contribution in [2.45, 2.75) is 4.90 Å². The van der Waals surface area contributed by atoms with Crippen LogP contribution in [0.2, 0.25) is 0 Å². The average Bonchev–Trinajstić information content (AvgIpc) is 2.83. The number of nitrogens with one attached hydrogen (secondary N) is 1. The molecule has 1 N–H and O–H groups in total. The fourth-order valence-corrected chi connectivity index (χ4v) is 3.89. The molecule has 2 heterocycles. The molecule has 0 spiro atoms. The Kier molecular flexibility index (Phi) is 2.41. The molecule has 0 fully saturated rings. The summed E-state index contributed by atoms with van der Waals surface area (Å²) in [5.74, 6) is -0.129. The molecule has 0 aliphatic carbocycles. The minimum atomic E-state index is -0.624. The van der Waals surface area contributed by atoms with E-state index in [1.807, 2.05) is 23.7 Å². The van der Waals surface area contributed by atoms with Crippen LogP contribution in [0.15, 0.2) is 56.5 Å². The Morgan fingerprint density at radius 1 is 1.31 bits per heavy atom. The lowest BCUT2D eigenvalue weighted by molar-refractivity contribution is 0.671. The van der Waals surface area contributed by atoms with Crippen molar-refractivity contribution in [2.24, 2.45) is 0 Å². The molecule has 0 saturated carbocycles. The van der Waals surface area contributed by atoms with Gasteiger partial charge in [-0.3, -0.25) is 0 Å². The summed E-state index contributed by atoms with van der Waals surface area (Å²) in [5.41, 5.74) is 1.09. The van der Waals surface area contributed by atoms with E-state index < -0.39 is 10.9 Å². The first-order valence-corrected chi connectivity index (χ1v) is 7.12. The number of H-pyrrole nitrogens is 1. The van der Waals surface area contributed by atoms with Gasteiger partial charge in [0.1, 0.15) is 5.83 Å². The number of halogens is 2. The van der Waals surface area contributed by atoms with Gasteiger partial charge in [0.2, 0.25) is 0 Å². The average molecular weight is 298 g/mol. The third-order valence-electron chi connectivity index (χ3n) is 2.56. The van der Waals surface area contributed by atoms with Crippen LogP contribution < -0.4 is 0 Å². The molecule has 1 unspecified atom stereocenters. The Balaban J connectivity index is 2.17. The normalized spacial score (nSPS) is 21.6. The van der Waals surface area contributed by atoms with Gasteiger partial charge in [-0.2, -0.15) is 10.9 Å². The van der Waals surface area contributed by atoms with Crippen LogP contribution in [-0.2, 0) is 0 Å². The maximum absolute atomic E-state index is 13.0. The summed E-state index contributed by atoms with van der Waals surface area (Å²) in [5, 5.41) is 4.80. The van der Waals surface area contributed by atoms with Crippen molar-refractivity contribution in [3.8, 4) is 0 Å². The molecule has 1 aromatic heterocycles. The number of thiol groups is 1. The van der Waals surface area contributed by atoms with Crippen molar-refractivity contribution in [2.75, 3.05) is 0 Å². The second-order valence-electron chi connectivity index (χ2n) is 3.60. The van der Waals surface area contributed by atoms with Crippen molar-refractivity contribution in [1.82, 2.24) is 4.98 Å². The van der Waals surface area contributed by atoms with Crippen molar-refractivity contribution in [3.63, 3.8) is 0 Å². The second-order valence-corrected chi connectivity index (χ2v) is 6.37. The van der Waals surface area contributed by atoms with E-state index in [9.17, 15) is 4.39 Å². The molecule has 0 radical (unpaired) electrons. The molecular weight excluding hydrogens is 289 g/mol. The minimum Gasteiger partial charge on any atom is -0.360 e. The van der Waals surface area contributed by atoms with E-state index in [0.29, 0.717) is 0 Å². The van der Waals surface area contributed by atoms with Crippen LogP contribution in [-0.4, -0.2) is 4.98 Å². The highest BCUT2D eigenvalue weighted by molar-refractivity contribution is 9.10. The van der Waals surface area contributed by atoms with Crippen LogP contribution in [0.25, 0.3) is 10.9 Å². The predicted molar refractivity (Wildman–Crippen MR) is 71.6 cm³/mol. The van der Waals surface area contributed by atoms with Crippen molar-refractivity contribution in [1.29, 1.82) is 0 Å². The zero-order valence-corrected chi connectivity index (χ0v) is 10.7. The smallest absolute Gasteiger partial charge is 0.128 e. The number of benzene rings is 1. The largest absolute Gasteiger partial charge is 0.360 e. The zero-order chi connectivity index (χ0) is 11.1. The summed E-state index contributed by atoms with van der Waals surface area (Å²) in [6, 6.07) is 6.09. The van der Waals surface area contributed by atoms with Gasteiger partial charge in [-0.05, 0) is 35.1 Å². The van der Waals surface area contributed by atoms with Crippen molar-refractivity contribution < 1.29 is 4.39 Å². The fourth-order valence-electron chi connectivity index (χ4n) is 1.81. The molecule has 0 bridgehead atoms.